The topological polar surface area (TPSA) is 94.1 Å². The van der Waals surface area contributed by atoms with Gasteiger partial charge >= 0.3 is 0 Å². The molecular weight excluding hydrogens is 349 g/mol. The molecule has 1 aromatic heterocycles. The van der Waals surface area contributed by atoms with E-state index in [9.17, 15) is 14.7 Å². The van der Waals surface area contributed by atoms with Crippen molar-refractivity contribution < 1.29 is 14.7 Å². The summed E-state index contributed by atoms with van der Waals surface area (Å²) >= 11 is 13.2. The first-order chi connectivity index (χ1) is 10.5. The monoisotopic (exact) mass is 358 g/mol. The number of hydrogen-bond donors (Lipinski definition) is 2. The quantitative estimate of drug-likeness (QED) is 0.796. The normalized spacial score (nSPS) is 10.3. The van der Waals surface area contributed by atoms with Gasteiger partial charge in [-0.2, -0.15) is 0 Å². The van der Waals surface area contributed by atoms with Crippen molar-refractivity contribution in [1.29, 1.82) is 0 Å². The van der Waals surface area contributed by atoms with E-state index >= 15 is 0 Å². The van der Waals surface area contributed by atoms with E-state index in [0.29, 0.717) is 20.5 Å². The van der Waals surface area contributed by atoms with Gasteiger partial charge in [0.05, 0.1) is 10.4 Å². The Morgan fingerprint density at radius 2 is 1.77 bits per heavy atom. The summed E-state index contributed by atoms with van der Waals surface area (Å²) in [5.41, 5.74) is 2.47. The molecule has 0 aliphatic rings. The number of thiazole rings is 1. The van der Waals surface area contributed by atoms with Crippen molar-refractivity contribution in [1.82, 2.24) is 15.6 Å². The molecule has 0 spiro atoms. The first-order valence-electron chi connectivity index (χ1n) is 6.10. The maximum absolute atomic E-state index is 12.1. The number of carbonyl (C=O) groups excluding carboxylic acids is 2. The molecule has 22 heavy (non-hydrogen) atoms. The summed E-state index contributed by atoms with van der Waals surface area (Å²) in [6.07, 6.45) is -1.39. The van der Waals surface area contributed by atoms with E-state index in [1.54, 1.807) is 23.7 Å². The van der Waals surface area contributed by atoms with Gasteiger partial charge in [-0.15, -0.1) is 11.3 Å². The number of aromatic nitrogens is 1. The number of hydrogen-bond acceptors (Lipinski definition) is 5. The second kappa shape index (κ2) is 7.44. The van der Waals surface area contributed by atoms with E-state index in [-0.39, 0.29) is 18.8 Å². The molecule has 6 nitrogen and oxygen atoms in total. The van der Waals surface area contributed by atoms with Gasteiger partial charge in [0.15, 0.2) is 0 Å². The molecule has 1 aromatic carbocycles. The smallest absolute Gasteiger partial charge is 0.271 e. The van der Waals surface area contributed by atoms with Crippen molar-refractivity contribution in [3.05, 3.63) is 39.4 Å². The van der Waals surface area contributed by atoms with Gasteiger partial charge < -0.3 is 20.5 Å². The van der Waals surface area contributed by atoms with Gasteiger partial charge in [-0.25, -0.2) is 4.98 Å². The fourth-order valence-electron chi connectivity index (χ4n) is 1.72. The summed E-state index contributed by atoms with van der Waals surface area (Å²) in [6.45, 7) is 0.177. The minimum atomic E-state index is -1.39. The third kappa shape index (κ3) is 4.33. The summed E-state index contributed by atoms with van der Waals surface area (Å²) in [6, 6.07) is 4.98. The number of amides is 2. The van der Waals surface area contributed by atoms with Crippen LogP contribution in [0.15, 0.2) is 23.7 Å². The third-order valence-electron chi connectivity index (χ3n) is 2.59. The van der Waals surface area contributed by atoms with Gasteiger partial charge in [0.1, 0.15) is 11.8 Å². The molecular formula is C13H10Cl2N3O3S-. The van der Waals surface area contributed by atoms with Crippen LogP contribution in [0, 0.1) is 0 Å². The molecule has 0 fully saturated rings. The predicted octanol–water partition coefficient (Wildman–Crippen LogP) is 1.78. The highest BCUT2D eigenvalue weighted by atomic mass is 35.5. The number of halogens is 2. The van der Waals surface area contributed by atoms with E-state index < -0.39 is 12.0 Å². The molecule has 0 aliphatic heterocycles. The van der Waals surface area contributed by atoms with E-state index in [1.807, 2.05) is 5.32 Å². The number of benzene rings is 1. The summed E-state index contributed by atoms with van der Waals surface area (Å²) in [4.78, 5) is 27.0. The molecule has 0 aliphatic carbocycles. The fourth-order valence-corrected chi connectivity index (χ4v) is 3.02. The average Bonchev–Trinajstić information content (AvgIpc) is 2.91. The number of carbonyl (C=O) groups is 2. The Kier molecular flexibility index (Phi) is 5.59. The number of nitrogens with zero attached hydrogens (tertiary/aromatic N) is 1. The molecule has 9 heteroatoms. The molecule has 2 amide bonds. The van der Waals surface area contributed by atoms with Gasteiger partial charge in [0, 0.05) is 23.1 Å². The van der Waals surface area contributed by atoms with Gasteiger partial charge in [-0.05, 0) is 23.8 Å². The van der Waals surface area contributed by atoms with E-state index in [4.69, 9.17) is 23.2 Å². The van der Waals surface area contributed by atoms with Crippen LogP contribution >= 0.6 is 34.5 Å². The first kappa shape index (κ1) is 16.5. The van der Waals surface area contributed by atoms with Crippen LogP contribution in [0.1, 0.15) is 10.5 Å². The van der Waals surface area contributed by atoms with Crippen LogP contribution in [0.25, 0.3) is 10.4 Å². The molecule has 0 atom stereocenters. The molecule has 0 saturated heterocycles. The molecule has 0 radical (unpaired) electrons. The van der Waals surface area contributed by atoms with Crippen LogP contribution in [0.4, 0.5) is 4.79 Å². The van der Waals surface area contributed by atoms with Gasteiger partial charge in [-0.3, -0.25) is 4.79 Å². The van der Waals surface area contributed by atoms with Crippen molar-refractivity contribution >= 4 is 46.5 Å². The molecule has 116 valence electrons. The number of nitrogens with one attached hydrogen (secondary N) is 2. The highest BCUT2D eigenvalue weighted by Crippen LogP contribution is 2.32. The Morgan fingerprint density at radius 3 is 2.41 bits per heavy atom. The minimum absolute atomic E-state index is 0.0521. The zero-order valence-electron chi connectivity index (χ0n) is 11.1. The second-order valence-electron chi connectivity index (χ2n) is 4.16. The highest BCUT2D eigenvalue weighted by Gasteiger charge is 2.16. The summed E-state index contributed by atoms with van der Waals surface area (Å²) in [5.74, 6) is -0.410. The summed E-state index contributed by atoms with van der Waals surface area (Å²) < 4.78 is 0. The van der Waals surface area contributed by atoms with Crippen molar-refractivity contribution in [3.63, 3.8) is 0 Å². The van der Waals surface area contributed by atoms with E-state index in [0.717, 1.165) is 0 Å². The van der Waals surface area contributed by atoms with Gasteiger partial charge in [0.25, 0.3) is 5.91 Å². The summed E-state index contributed by atoms with van der Waals surface area (Å²) in [5, 5.41) is 15.7. The van der Waals surface area contributed by atoms with Crippen LogP contribution < -0.4 is 15.7 Å². The predicted molar refractivity (Wildman–Crippen MR) is 83.3 cm³/mol. The maximum Gasteiger partial charge on any atom is 0.271 e. The molecule has 2 aromatic rings. The lowest BCUT2D eigenvalue weighted by Gasteiger charge is -2.08. The Morgan fingerprint density at radius 1 is 1.14 bits per heavy atom. The molecule has 0 unspecified atom stereocenters. The van der Waals surface area contributed by atoms with Crippen LogP contribution in [-0.2, 0) is 0 Å². The van der Waals surface area contributed by atoms with Crippen LogP contribution in [-0.4, -0.2) is 30.1 Å². The van der Waals surface area contributed by atoms with Crippen LogP contribution in [0.5, 0.6) is 0 Å². The van der Waals surface area contributed by atoms with Crippen LogP contribution in [0.2, 0.25) is 10.0 Å². The molecule has 2 N–H and O–H groups in total. The zero-order valence-corrected chi connectivity index (χ0v) is 13.4. The Hall–Kier alpha value is -1.83. The van der Waals surface area contributed by atoms with Crippen molar-refractivity contribution in [2.24, 2.45) is 0 Å². The Balaban J connectivity index is 2.11. The van der Waals surface area contributed by atoms with Gasteiger partial charge in [0.2, 0.25) is 0 Å². The zero-order chi connectivity index (χ0) is 16.1. The van der Waals surface area contributed by atoms with Gasteiger partial charge in [-0.1, -0.05) is 23.2 Å². The average molecular weight is 359 g/mol. The summed E-state index contributed by atoms with van der Waals surface area (Å²) in [7, 11) is 0. The van der Waals surface area contributed by atoms with Crippen LogP contribution in [0.3, 0.4) is 0 Å². The van der Waals surface area contributed by atoms with E-state index in [1.165, 1.54) is 11.3 Å². The minimum Gasteiger partial charge on any atom is -0.530 e. The lowest BCUT2D eigenvalue weighted by Crippen LogP contribution is -2.41. The Labute approximate surface area is 140 Å². The van der Waals surface area contributed by atoms with E-state index in [2.05, 4.69) is 10.3 Å². The highest BCUT2D eigenvalue weighted by molar-refractivity contribution is 7.13. The molecule has 2 rings (SSSR count). The molecule has 1 heterocycles. The standard InChI is InChI=1S/C13H11Cl2N3O3S/c14-8-3-7(4-9(15)5-8)11-10(18-6-22-11)12(19)16-1-2-17-13(20)21/h3-6,17H,1-2H2,(H,16,19)(H,20,21)/p-1. The largest absolute Gasteiger partial charge is 0.530 e. The number of rotatable bonds is 5. The van der Waals surface area contributed by atoms with Crippen molar-refractivity contribution in [2.75, 3.05) is 13.1 Å². The first-order valence-corrected chi connectivity index (χ1v) is 7.74. The SMILES string of the molecule is O=C([O-])NCCNC(=O)c1ncsc1-c1cc(Cl)cc(Cl)c1. The molecule has 0 bridgehead atoms. The Bertz CT molecular complexity index is 685. The fraction of sp³-hybridized carbons (Fsp3) is 0.154. The third-order valence-corrected chi connectivity index (χ3v) is 3.90. The number of carboxylic acid groups (broad SMARTS) is 1. The lowest BCUT2D eigenvalue weighted by molar-refractivity contribution is -0.250. The maximum atomic E-state index is 12.1. The second-order valence-corrected chi connectivity index (χ2v) is 5.89. The van der Waals surface area contributed by atoms with Crippen molar-refractivity contribution in [2.45, 2.75) is 0 Å². The molecule has 0 saturated carbocycles. The van der Waals surface area contributed by atoms with Crippen molar-refractivity contribution in [3.8, 4) is 10.4 Å². The lowest BCUT2D eigenvalue weighted by atomic mass is 10.1.